The molecule has 0 radical (unpaired) electrons. The summed E-state index contributed by atoms with van der Waals surface area (Å²) in [6.45, 7) is 1.44. The zero-order chi connectivity index (χ0) is 14.8. The number of nitrogens with zero attached hydrogens (tertiary/aromatic N) is 1. The lowest BCUT2D eigenvalue weighted by Crippen LogP contribution is -2.43. The summed E-state index contributed by atoms with van der Waals surface area (Å²) in [6, 6.07) is -0.586. The van der Waals surface area contributed by atoms with E-state index in [1.165, 1.54) is 6.42 Å². The summed E-state index contributed by atoms with van der Waals surface area (Å²) in [6.07, 6.45) is 7.79. The molecule has 2 saturated heterocycles. The Labute approximate surface area is 125 Å². The number of rotatable bonds is 4. The second-order valence-electron chi connectivity index (χ2n) is 6.71. The normalized spacial score (nSPS) is 35.7. The third kappa shape index (κ3) is 3.07. The Morgan fingerprint density at radius 2 is 2.00 bits per heavy atom. The molecule has 118 valence electrons. The highest BCUT2D eigenvalue weighted by molar-refractivity contribution is 5.84. The molecule has 5 nitrogen and oxygen atoms in total. The number of hydrogen-bond acceptors (Lipinski definition) is 3. The topological polar surface area (TPSA) is 66.8 Å². The van der Waals surface area contributed by atoms with Crippen LogP contribution in [0.2, 0.25) is 0 Å². The number of carboxylic acid groups (broad SMARTS) is 1. The molecular formula is C16H25NO4. The first-order valence-electron chi connectivity index (χ1n) is 8.30. The molecule has 0 aromatic heterocycles. The highest BCUT2D eigenvalue weighted by atomic mass is 16.5. The van der Waals surface area contributed by atoms with E-state index in [1.807, 2.05) is 0 Å². The summed E-state index contributed by atoms with van der Waals surface area (Å²) >= 11 is 0. The van der Waals surface area contributed by atoms with Crippen molar-refractivity contribution in [2.24, 2.45) is 11.8 Å². The first-order valence-corrected chi connectivity index (χ1v) is 8.30. The zero-order valence-corrected chi connectivity index (χ0v) is 12.5. The van der Waals surface area contributed by atoms with Crippen molar-refractivity contribution >= 4 is 11.9 Å². The molecule has 3 fully saturated rings. The SMILES string of the molecule is O=C(O)C1C2CCCC2CN1C(=O)CCC1CCCCO1. The van der Waals surface area contributed by atoms with E-state index in [0.717, 1.165) is 45.1 Å². The van der Waals surface area contributed by atoms with E-state index in [2.05, 4.69) is 0 Å². The van der Waals surface area contributed by atoms with Gasteiger partial charge >= 0.3 is 5.97 Å². The smallest absolute Gasteiger partial charge is 0.326 e. The van der Waals surface area contributed by atoms with Gasteiger partial charge in [0.2, 0.25) is 5.91 Å². The van der Waals surface area contributed by atoms with Gasteiger partial charge in [0.05, 0.1) is 6.10 Å². The van der Waals surface area contributed by atoms with Gasteiger partial charge in [-0.1, -0.05) is 6.42 Å². The van der Waals surface area contributed by atoms with Gasteiger partial charge < -0.3 is 14.7 Å². The summed E-state index contributed by atoms with van der Waals surface area (Å²) in [5.74, 6) is -0.240. The molecular weight excluding hydrogens is 270 g/mol. The van der Waals surface area contributed by atoms with Gasteiger partial charge in [-0.2, -0.15) is 0 Å². The zero-order valence-electron chi connectivity index (χ0n) is 12.5. The van der Waals surface area contributed by atoms with Crippen molar-refractivity contribution in [2.75, 3.05) is 13.2 Å². The number of likely N-dealkylation sites (tertiary alicyclic amines) is 1. The number of hydrogen-bond donors (Lipinski definition) is 1. The van der Waals surface area contributed by atoms with Gasteiger partial charge in [-0.25, -0.2) is 4.79 Å². The van der Waals surface area contributed by atoms with Crippen LogP contribution in [0, 0.1) is 11.8 Å². The quantitative estimate of drug-likeness (QED) is 0.862. The van der Waals surface area contributed by atoms with Crippen LogP contribution in [-0.2, 0) is 14.3 Å². The molecule has 1 saturated carbocycles. The van der Waals surface area contributed by atoms with E-state index in [0.29, 0.717) is 18.9 Å². The number of amides is 1. The second kappa shape index (κ2) is 6.34. The Bertz CT molecular complexity index is 405. The van der Waals surface area contributed by atoms with Crippen molar-refractivity contribution < 1.29 is 19.4 Å². The molecule has 5 heteroatoms. The third-order valence-corrected chi connectivity index (χ3v) is 5.42. The van der Waals surface area contributed by atoms with E-state index < -0.39 is 12.0 Å². The van der Waals surface area contributed by atoms with Crippen molar-refractivity contribution in [3.05, 3.63) is 0 Å². The number of carbonyl (C=O) groups excluding carboxylic acids is 1. The number of carboxylic acids is 1. The minimum atomic E-state index is -0.827. The average Bonchev–Trinajstić information content (AvgIpc) is 3.05. The Balaban J connectivity index is 1.57. The standard InChI is InChI=1S/C16H25NO4/c18-14(8-7-12-5-1-2-9-21-12)17-10-11-4-3-6-13(11)15(17)16(19)20/h11-13,15H,1-10H2,(H,19,20). The molecule has 1 amide bonds. The van der Waals surface area contributed by atoms with Crippen LogP contribution < -0.4 is 0 Å². The minimum Gasteiger partial charge on any atom is -0.480 e. The van der Waals surface area contributed by atoms with Gasteiger partial charge in [-0.15, -0.1) is 0 Å². The van der Waals surface area contributed by atoms with Crippen LogP contribution in [0.15, 0.2) is 0 Å². The molecule has 0 aromatic carbocycles. The Morgan fingerprint density at radius 1 is 1.14 bits per heavy atom. The van der Waals surface area contributed by atoms with Gasteiger partial charge in [-0.05, 0) is 50.4 Å². The van der Waals surface area contributed by atoms with Crippen LogP contribution in [0.3, 0.4) is 0 Å². The average molecular weight is 295 g/mol. The molecule has 0 aromatic rings. The molecule has 0 spiro atoms. The summed E-state index contributed by atoms with van der Waals surface area (Å²) < 4.78 is 5.65. The van der Waals surface area contributed by atoms with Crippen molar-refractivity contribution in [3.8, 4) is 0 Å². The fourth-order valence-electron chi connectivity index (χ4n) is 4.34. The number of aliphatic carboxylic acids is 1. The number of carbonyl (C=O) groups is 2. The van der Waals surface area contributed by atoms with E-state index in [9.17, 15) is 14.7 Å². The first kappa shape index (κ1) is 14.8. The summed E-state index contributed by atoms with van der Waals surface area (Å²) in [5, 5.41) is 9.48. The lowest BCUT2D eigenvalue weighted by molar-refractivity contribution is -0.150. The Kier molecular flexibility index (Phi) is 4.48. The molecule has 3 aliphatic rings. The van der Waals surface area contributed by atoms with Crippen LogP contribution in [0.5, 0.6) is 0 Å². The maximum Gasteiger partial charge on any atom is 0.326 e. The summed E-state index contributed by atoms with van der Waals surface area (Å²) in [4.78, 5) is 25.6. The van der Waals surface area contributed by atoms with Crippen LogP contribution >= 0.6 is 0 Å². The highest BCUT2D eigenvalue weighted by Crippen LogP contribution is 2.42. The van der Waals surface area contributed by atoms with Crippen molar-refractivity contribution in [1.29, 1.82) is 0 Å². The van der Waals surface area contributed by atoms with E-state index >= 15 is 0 Å². The fraction of sp³-hybridized carbons (Fsp3) is 0.875. The van der Waals surface area contributed by atoms with Gasteiger partial charge in [0.15, 0.2) is 0 Å². The molecule has 4 atom stereocenters. The van der Waals surface area contributed by atoms with E-state index in [1.54, 1.807) is 4.90 Å². The Morgan fingerprint density at radius 3 is 2.71 bits per heavy atom. The van der Waals surface area contributed by atoms with Gasteiger partial charge in [0.1, 0.15) is 6.04 Å². The molecule has 2 heterocycles. The van der Waals surface area contributed by atoms with Crippen LogP contribution in [0.4, 0.5) is 0 Å². The largest absolute Gasteiger partial charge is 0.480 e. The van der Waals surface area contributed by atoms with Crippen LogP contribution in [0.25, 0.3) is 0 Å². The lowest BCUT2D eigenvalue weighted by atomic mass is 9.94. The first-order chi connectivity index (χ1) is 10.2. The minimum absolute atomic E-state index is 0.00553. The predicted molar refractivity (Wildman–Crippen MR) is 76.8 cm³/mol. The maximum atomic E-state index is 12.4. The third-order valence-electron chi connectivity index (χ3n) is 5.42. The molecule has 21 heavy (non-hydrogen) atoms. The Hall–Kier alpha value is -1.10. The number of fused-ring (bicyclic) bond motifs is 1. The fourth-order valence-corrected chi connectivity index (χ4v) is 4.34. The van der Waals surface area contributed by atoms with Crippen LogP contribution in [0.1, 0.15) is 51.4 Å². The predicted octanol–water partition coefficient (Wildman–Crippen LogP) is 2.05. The molecule has 4 unspecified atom stereocenters. The molecule has 1 aliphatic carbocycles. The van der Waals surface area contributed by atoms with E-state index in [-0.39, 0.29) is 17.9 Å². The summed E-state index contributed by atoms with van der Waals surface area (Å²) in [5.41, 5.74) is 0. The van der Waals surface area contributed by atoms with Crippen molar-refractivity contribution in [2.45, 2.75) is 63.5 Å². The maximum absolute atomic E-state index is 12.4. The van der Waals surface area contributed by atoms with Gasteiger partial charge in [0, 0.05) is 19.6 Å². The summed E-state index contributed by atoms with van der Waals surface area (Å²) in [7, 11) is 0. The molecule has 0 bridgehead atoms. The van der Waals surface area contributed by atoms with Gasteiger partial charge in [0.25, 0.3) is 0 Å². The van der Waals surface area contributed by atoms with Crippen molar-refractivity contribution in [3.63, 3.8) is 0 Å². The molecule has 2 aliphatic heterocycles. The lowest BCUT2D eigenvalue weighted by Gasteiger charge is -2.26. The highest BCUT2D eigenvalue weighted by Gasteiger charge is 2.49. The van der Waals surface area contributed by atoms with Crippen molar-refractivity contribution in [1.82, 2.24) is 4.90 Å². The van der Waals surface area contributed by atoms with E-state index in [4.69, 9.17) is 4.74 Å². The van der Waals surface area contributed by atoms with Crippen LogP contribution in [-0.4, -0.2) is 47.2 Å². The molecule has 3 rings (SSSR count). The monoisotopic (exact) mass is 295 g/mol. The second-order valence-corrected chi connectivity index (χ2v) is 6.71. The molecule has 1 N–H and O–H groups in total. The number of ether oxygens (including phenoxy) is 1. The van der Waals surface area contributed by atoms with Gasteiger partial charge in [-0.3, -0.25) is 4.79 Å².